The zero-order chi connectivity index (χ0) is 30.4. The number of ether oxygens (including phenoxy) is 2. The molecule has 0 spiro atoms. The van der Waals surface area contributed by atoms with Gasteiger partial charge in [0.05, 0.1) is 18.6 Å². The Morgan fingerprint density at radius 2 is 0.977 bits per heavy atom. The van der Waals surface area contributed by atoms with Crippen LogP contribution in [-0.2, 0) is 27.6 Å². The van der Waals surface area contributed by atoms with Gasteiger partial charge in [0.15, 0.2) is 0 Å². The summed E-state index contributed by atoms with van der Waals surface area (Å²) in [6.07, 6.45) is 2.45. The van der Waals surface area contributed by atoms with Crippen LogP contribution >= 0.6 is 31.9 Å². The molecule has 4 aromatic carbocycles. The van der Waals surface area contributed by atoms with Crippen molar-refractivity contribution < 1.29 is 27.0 Å². The number of fused-ring (bicyclic) bond motifs is 3. The van der Waals surface area contributed by atoms with Gasteiger partial charge in [-0.05, 0) is 108 Å². The van der Waals surface area contributed by atoms with Gasteiger partial charge < -0.3 is 18.6 Å². The summed E-state index contributed by atoms with van der Waals surface area (Å²) in [6, 6.07) is 29.2. The lowest BCUT2D eigenvalue weighted by Crippen LogP contribution is -2.28. The number of benzene rings is 4. The van der Waals surface area contributed by atoms with Crippen LogP contribution in [0.3, 0.4) is 0 Å². The summed E-state index contributed by atoms with van der Waals surface area (Å²) in [5.41, 5.74) is 6.19. The van der Waals surface area contributed by atoms with Crippen molar-refractivity contribution in [3.8, 4) is 22.6 Å². The Morgan fingerprint density at radius 1 is 0.581 bits per heavy atom. The van der Waals surface area contributed by atoms with E-state index >= 15 is 0 Å². The summed E-state index contributed by atoms with van der Waals surface area (Å²) < 4.78 is 57.0. The Labute approximate surface area is 274 Å². The van der Waals surface area contributed by atoms with Crippen molar-refractivity contribution >= 4 is 54.0 Å². The predicted molar refractivity (Wildman–Crippen MR) is 176 cm³/mol. The minimum absolute atomic E-state index is 0.141. The fourth-order valence-corrected chi connectivity index (χ4v) is 7.29. The Hall–Kier alpha value is -2.34. The van der Waals surface area contributed by atoms with Crippen LogP contribution in [-0.4, -0.2) is 42.2 Å². The van der Waals surface area contributed by atoms with Crippen molar-refractivity contribution in [3.63, 3.8) is 0 Å². The summed E-state index contributed by atoms with van der Waals surface area (Å²) in [5, 5.41) is 0. The Bertz CT molecular complexity index is 1490. The molecule has 0 radical (unpaired) electrons. The summed E-state index contributed by atoms with van der Waals surface area (Å²) in [7, 11) is 0. The van der Waals surface area contributed by atoms with E-state index in [0.29, 0.717) is 38.9 Å². The molecule has 0 bridgehead atoms. The molecule has 0 amide bonds. The minimum Gasteiger partial charge on any atom is -0.772 e. The Morgan fingerprint density at radius 3 is 1.35 bits per heavy atom. The molecule has 2 atom stereocenters. The van der Waals surface area contributed by atoms with Gasteiger partial charge in [0.25, 0.3) is 0 Å². The Balaban J connectivity index is 1.51. The lowest BCUT2D eigenvalue weighted by atomic mass is 9.67. The molecule has 5 rings (SSSR count). The van der Waals surface area contributed by atoms with E-state index in [1.54, 1.807) is 0 Å². The molecule has 2 unspecified atom stereocenters. The van der Waals surface area contributed by atoms with Crippen LogP contribution in [0.25, 0.3) is 11.1 Å². The normalized spacial score (nSPS) is 14.5. The summed E-state index contributed by atoms with van der Waals surface area (Å²) in [4.78, 5) is 0. The van der Waals surface area contributed by atoms with E-state index in [9.17, 15) is 17.5 Å². The number of halogens is 2. The first-order valence-electron chi connectivity index (χ1n) is 14.0. The second kappa shape index (κ2) is 14.6. The molecule has 0 saturated carbocycles. The minimum atomic E-state index is -2.03. The highest BCUT2D eigenvalue weighted by Crippen LogP contribution is 2.57. The Kier molecular flexibility index (Phi) is 10.9. The van der Waals surface area contributed by atoms with E-state index in [-0.39, 0.29) is 11.5 Å². The van der Waals surface area contributed by atoms with E-state index in [0.717, 1.165) is 53.8 Å². The monoisotopic (exact) mass is 744 g/mol. The number of hydrogen-bond acceptors (Lipinski definition) is 6. The highest BCUT2D eigenvalue weighted by atomic mass is 79.9. The summed E-state index contributed by atoms with van der Waals surface area (Å²) >= 11 is 3.38. The largest absolute Gasteiger partial charge is 0.772 e. The van der Waals surface area contributed by atoms with Gasteiger partial charge in [-0.25, -0.2) is 0 Å². The first kappa shape index (κ1) is 32.1. The summed E-state index contributed by atoms with van der Waals surface area (Å²) in [6.45, 7) is 0.896. The maximum absolute atomic E-state index is 10.8. The van der Waals surface area contributed by atoms with Gasteiger partial charge >= 0.3 is 0 Å². The van der Waals surface area contributed by atoms with E-state index in [4.69, 9.17) is 9.47 Å². The van der Waals surface area contributed by atoms with Crippen LogP contribution in [0.1, 0.15) is 47.9 Å². The van der Waals surface area contributed by atoms with Crippen LogP contribution in [0.5, 0.6) is 11.5 Å². The average Bonchev–Trinajstić information content (AvgIpc) is 3.26. The number of hydrogen-bond donors (Lipinski definition) is 0. The third-order valence-electron chi connectivity index (χ3n) is 7.58. The van der Waals surface area contributed by atoms with Gasteiger partial charge in [0, 0.05) is 20.5 Å². The lowest BCUT2D eigenvalue weighted by molar-refractivity contribution is 0.309. The zero-order valence-corrected chi connectivity index (χ0v) is 28.1. The fraction of sp³-hybridized carbons (Fsp3) is 0.273. The first-order valence-corrected chi connectivity index (χ1v) is 18.1. The molecule has 226 valence electrons. The molecule has 1 aliphatic rings. The van der Waals surface area contributed by atoms with Crippen molar-refractivity contribution in [1.29, 1.82) is 0 Å². The van der Waals surface area contributed by atoms with E-state index in [1.165, 1.54) is 0 Å². The topological polar surface area (TPSA) is 98.7 Å². The van der Waals surface area contributed by atoms with E-state index < -0.39 is 27.6 Å². The highest BCUT2D eigenvalue weighted by Gasteiger charge is 2.46. The second-order valence-corrected chi connectivity index (χ2v) is 14.2. The van der Waals surface area contributed by atoms with Crippen molar-refractivity contribution in [2.75, 3.05) is 24.7 Å². The van der Waals surface area contributed by atoms with Crippen LogP contribution in [0.2, 0.25) is 0 Å². The van der Waals surface area contributed by atoms with Crippen molar-refractivity contribution in [2.24, 2.45) is 0 Å². The molecule has 1 aliphatic carbocycles. The molecule has 10 heteroatoms. The van der Waals surface area contributed by atoms with Gasteiger partial charge in [-0.15, -0.1) is 0 Å². The van der Waals surface area contributed by atoms with Gasteiger partial charge in [-0.3, -0.25) is 8.42 Å². The van der Waals surface area contributed by atoms with Crippen LogP contribution < -0.4 is 9.47 Å². The molecule has 0 fully saturated rings. The molecule has 0 saturated heterocycles. The highest BCUT2D eigenvalue weighted by molar-refractivity contribution is 9.10. The number of rotatable bonds is 14. The predicted octanol–water partition coefficient (Wildman–Crippen LogP) is 7.65. The van der Waals surface area contributed by atoms with E-state index in [2.05, 4.69) is 92.5 Å². The first-order chi connectivity index (χ1) is 20.8. The average molecular weight is 747 g/mol. The smallest absolute Gasteiger partial charge is 0.119 e. The van der Waals surface area contributed by atoms with E-state index in [1.807, 2.05) is 24.3 Å². The van der Waals surface area contributed by atoms with Gasteiger partial charge in [-0.2, -0.15) is 0 Å². The summed E-state index contributed by atoms with van der Waals surface area (Å²) in [5.74, 6) is 1.74. The van der Waals surface area contributed by atoms with Gasteiger partial charge in [0.2, 0.25) is 0 Å². The zero-order valence-electron chi connectivity index (χ0n) is 23.3. The molecule has 0 N–H and O–H groups in total. The maximum atomic E-state index is 10.8. The second-order valence-electron chi connectivity index (χ2n) is 10.3. The molecule has 6 nitrogen and oxygen atoms in total. The van der Waals surface area contributed by atoms with Crippen molar-refractivity contribution in [2.45, 2.75) is 31.1 Å². The molecule has 0 aromatic heterocycles. The third-order valence-corrected chi connectivity index (χ3v) is 9.81. The quantitative estimate of drug-likeness (QED) is 0.0856. The maximum Gasteiger partial charge on any atom is 0.119 e. The van der Waals surface area contributed by atoms with Crippen molar-refractivity contribution in [3.05, 3.63) is 116 Å². The molecule has 0 heterocycles. The molecule has 4 aromatic rings. The SMILES string of the molecule is O=S([O-])CCCCOc1ccc(C2(c3ccc(OCCCCS(=O)[O-])cc3)c3cc(Br)ccc3-c3ccc(Br)cc32)cc1. The molecular formula is C33H30Br2O6S2-2. The van der Waals surface area contributed by atoms with Crippen LogP contribution in [0.15, 0.2) is 93.9 Å². The third kappa shape index (κ3) is 7.32. The fourth-order valence-electron chi connectivity index (χ4n) is 5.68. The van der Waals surface area contributed by atoms with Gasteiger partial charge in [-0.1, -0.05) is 90.4 Å². The van der Waals surface area contributed by atoms with Gasteiger partial charge in [0.1, 0.15) is 11.5 Å². The molecule has 0 aliphatic heterocycles. The van der Waals surface area contributed by atoms with Crippen LogP contribution in [0, 0.1) is 0 Å². The molecular weight excluding hydrogens is 716 g/mol. The van der Waals surface area contributed by atoms with Crippen molar-refractivity contribution in [1.82, 2.24) is 0 Å². The number of unbranched alkanes of at least 4 members (excludes halogenated alkanes) is 2. The van der Waals surface area contributed by atoms with Crippen LogP contribution in [0.4, 0.5) is 0 Å². The lowest BCUT2D eigenvalue weighted by Gasteiger charge is -2.34. The standard InChI is InChI=1S/C33H32Br2O6S2/c34-25-9-15-29-30-16-10-26(35)22-32(30)33(31(29)21-25,23-5-11-27(12-6-23)40-17-1-3-19-42(36)37)24-7-13-28(14-8-24)41-18-2-4-20-43(38)39/h5-16,21-22H,1-4,17-20H2,(H,36,37)(H,38,39)/p-2. The molecule has 43 heavy (non-hydrogen) atoms.